The number of hydrogen-bond donors (Lipinski definition) is 1. The highest BCUT2D eigenvalue weighted by Gasteiger charge is 2.48. The first-order valence-corrected chi connectivity index (χ1v) is 11.9. The van der Waals surface area contributed by atoms with E-state index in [2.05, 4.69) is 0 Å². The first-order valence-electron chi connectivity index (χ1n) is 11.6. The molecular formula is C29H27ClFNO5. The lowest BCUT2D eigenvalue weighted by Gasteiger charge is -2.26. The van der Waals surface area contributed by atoms with Gasteiger partial charge in [-0.25, -0.2) is 4.39 Å². The molecule has 0 aromatic heterocycles. The number of hydrogen-bond acceptors (Lipinski definition) is 5. The maximum atomic E-state index is 15.2. The Labute approximate surface area is 219 Å². The summed E-state index contributed by atoms with van der Waals surface area (Å²) in [6, 6.07) is 14.4. The molecular weight excluding hydrogens is 497 g/mol. The zero-order valence-electron chi connectivity index (χ0n) is 21.1. The van der Waals surface area contributed by atoms with Crippen LogP contribution in [0.1, 0.15) is 43.5 Å². The van der Waals surface area contributed by atoms with E-state index in [1.54, 1.807) is 30.3 Å². The summed E-state index contributed by atoms with van der Waals surface area (Å²) in [5, 5.41) is 11.8. The molecule has 3 aromatic carbocycles. The number of methoxy groups -OCH3 is 2. The molecule has 37 heavy (non-hydrogen) atoms. The summed E-state index contributed by atoms with van der Waals surface area (Å²) in [6.45, 7) is 6.01. The van der Waals surface area contributed by atoms with Gasteiger partial charge in [0.05, 0.1) is 36.4 Å². The summed E-state index contributed by atoms with van der Waals surface area (Å²) in [7, 11) is 2.89. The summed E-state index contributed by atoms with van der Waals surface area (Å²) < 4.78 is 25.8. The van der Waals surface area contributed by atoms with Gasteiger partial charge in [-0.15, -0.1) is 0 Å². The molecule has 6 nitrogen and oxygen atoms in total. The molecule has 4 rings (SSSR count). The highest BCUT2D eigenvalue weighted by atomic mass is 35.5. The van der Waals surface area contributed by atoms with Crippen LogP contribution in [0.2, 0.25) is 5.02 Å². The van der Waals surface area contributed by atoms with Crippen molar-refractivity contribution in [3.63, 3.8) is 0 Å². The Bertz CT molecular complexity index is 1430. The van der Waals surface area contributed by atoms with Gasteiger partial charge in [0.1, 0.15) is 23.1 Å². The maximum absolute atomic E-state index is 15.2. The van der Waals surface area contributed by atoms with Gasteiger partial charge in [-0.1, -0.05) is 56.6 Å². The highest BCUT2D eigenvalue weighted by molar-refractivity contribution is 6.52. The van der Waals surface area contributed by atoms with Crippen LogP contribution in [0.5, 0.6) is 11.5 Å². The number of Topliss-reactive ketones (excluding diaryl/α,β-unsaturated/α-hetero) is 1. The first kappa shape index (κ1) is 26.2. The second kappa shape index (κ2) is 9.90. The van der Waals surface area contributed by atoms with Crippen molar-refractivity contribution in [2.45, 2.75) is 32.2 Å². The van der Waals surface area contributed by atoms with Crippen LogP contribution in [0, 0.1) is 5.82 Å². The van der Waals surface area contributed by atoms with Crippen LogP contribution in [-0.4, -0.2) is 31.0 Å². The Morgan fingerprint density at radius 1 is 0.973 bits per heavy atom. The number of ether oxygens (including phenoxy) is 2. The Morgan fingerprint density at radius 2 is 1.62 bits per heavy atom. The van der Waals surface area contributed by atoms with Gasteiger partial charge in [0.25, 0.3) is 11.7 Å². The fraction of sp³-hybridized carbons (Fsp3) is 0.241. The lowest BCUT2D eigenvalue weighted by atomic mass is 9.85. The molecule has 3 aromatic rings. The number of amides is 1. The van der Waals surface area contributed by atoms with Crippen molar-refractivity contribution in [2.75, 3.05) is 19.1 Å². The summed E-state index contributed by atoms with van der Waals surface area (Å²) in [6.07, 6.45) is 0. The number of benzene rings is 3. The van der Waals surface area contributed by atoms with E-state index in [4.69, 9.17) is 21.1 Å². The lowest BCUT2D eigenvalue weighted by Crippen LogP contribution is -2.29. The molecule has 192 valence electrons. The molecule has 1 atom stereocenters. The van der Waals surface area contributed by atoms with Crippen LogP contribution in [0.25, 0.3) is 5.76 Å². The average Bonchev–Trinajstić information content (AvgIpc) is 3.12. The van der Waals surface area contributed by atoms with E-state index < -0.39 is 29.3 Å². The Balaban J connectivity index is 2.01. The second-order valence-electron chi connectivity index (χ2n) is 9.67. The molecule has 1 amide bonds. The van der Waals surface area contributed by atoms with E-state index in [1.807, 2.05) is 26.8 Å². The number of ketones is 1. The number of rotatable bonds is 5. The van der Waals surface area contributed by atoms with Gasteiger partial charge in [-0.05, 0) is 47.4 Å². The Hall–Kier alpha value is -3.84. The van der Waals surface area contributed by atoms with Crippen molar-refractivity contribution >= 4 is 34.7 Å². The number of aliphatic hydroxyl groups excluding tert-OH is 1. The minimum atomic E-state index is -1.26. The zero-order valence-corrected chi connectivity index (χ0v) is 21.9. The van der Waals surface area contributed by atoms with E-state index in [0.717, 1.165) is 10.5 Å². The van der Waals surface area contributed by atoms with Crippen molar-refractivity contribution in [2.24, 2.45) is 0 Å². The number of carbonyl (C=O) groups is 2. The molecule has 1 heterocycles. The molecule has 0 saturated carbocycles. The van der Waals surface area contributed by atoms with Gasteiger partial charge < -0.3 is 14.6 Å². The molecule has 0 spiro atoms. The van der Waals surface area contributed by atoms with Crippen molar-refractivity contribution in [1.82, 2.24) is 0 Å². The van der Waals surface area contributed by atoms with Crippen molar-refractivity contribution in [1.29, 1.82) is 0 Å². The fourth-order valence-electron chi connectivity index (χ4n) is 4.40. The highest BCUT2D eigenvalue weighted by Crippen LogP contribution is 2.45. The van der Waals surface area contributed by atoms with Gasteiger partial charge in [0.2, 0.25) is 0 Å². The number of carbonyl (C=O) groups excluding carboxylic acids is 2. The van der Waals surface area contributed by atoms with Crippen LogP contribution in [0.15, 0.2) is 66.2 Å². The third-order valence-corrected chi connectivity index (χ3v) is 6.67. The smallest absolute Gasteiger partial charge is 0.300 e. The molecule has 1 aliphatic rings. The number of nitrogens with zero attached hydrogens (tertiary/aromatic N) is 1. The minimum absolute atomic E-state index is 0.0427. The van der Waals surface area contributed by atoms with Gasteiger partial charge in [-0.2, -0.15) is 0 Å². The average molecular weight is 524 g/mol. The molecule has 0 radical (unpaired) electrons. The Kier molecular flexibility index (Phi) is 7.02. The molecule has 1 N–H and O–H groups in total. The van der Waals surface area contributed by atoms with E-state index in [9.17, 15) is 14.7 Å². The summed E-state index contributed by atoms with van der Waals surface area (Å²) in [5.41, 5.74) is 0.844. The molecule has 1 saturated heterocycles. The molecule has 0 bridgehead atoms. The number of aliphatic hydroxyl groups is 1. The Morgan fingerprint density at radius 3 is 2.22 bits per heavy atom. The first-order chi connectivity index (χ1) is 17.5. The summed E-state index contributed by atoms with van der Waals surface area (Å²) in [4.78, 5) is 28.0. The predicted molar refractivity (Wildman–Crippen MR) is 141 cm³/mol. The zero-order chi connectivity index (χ0) is 27.1. The summed E-state index contributed by atoms with van der Waals surface area (Å²) >= 11 is 6.31. The molecule has 1 fully saturated rings. The van der Waals surface area contributed by atoms with E-state index >= 15 is 4.39 Å². The van der Waals surface area contributed by atoms with E-state index in [0.29, 0.717) is 11.5 Å². The third kappa shape index (κ3) is 4.67. The van der Waals surface area contributed by atoms with Crippen LogP contribution in [-0.2, 0) is 15.0 Å². The van der Waals surface area contributed by atoms with Gasteiger partial charge >= 0.3 is 0 Å². The topological polar surface area (TPSA) is 76.1 Å². The summed E-state index contributed by atoms with van der Waals surface area (Å²) in [5.74, 6) is -2.32. The van der Waals surface area contributed by atoms with Crippen molar-refractivity contribution in [3.05, 3.63) is 93.8 Å². The molecule has 1 unspecified atom stereocenters. The van der Waals surface area contributed by atoms with Crippen LogP contribution < -0.4 is 14.4 Å². The van der Waals surface area contributed by atoms with Crippen LogP contribution >= 0.6 is 11.6 Å². The monoisotopic (exact) mass is 523 g/mol. The van der Waals surface area contributed by atoms with Gasteiger partial charge in [-0.3, -0.25) is 14.5 Å². The predicted octanol–water partition coefficient (Wildman–Crippen LogP) is 6.42. The second-order valence-corrected chi connectivity index (χ2v) is 10.1. The lowest BCUT2D eigenvalue weighted by molar-refractivity contribution is -0.132. The van der Waals surface area contributed by atoms with Crippen LogP contribution in [0.3, 0.4) is 0 Å². The molecule has 0 aliphatic carbocycles. The SMILES string of the molecule is COc1ccc(N2C(=O)C(=O)/C(=C(/O)c3cc(C(C)(C)C)ccc3OC)C2c2ccccc2F)cc1Cl. The standard InChI is InChI=1S/C29H27ClFNO5/c1-29(2,3)16-10-12-22(36-4)19(14-16)26(33)24-25(18-8-6-7-9-21(18)31)32(28(35)27(24)34)17-11-13-23(37-5)20(30)15-17/h6-15,25,33H,1-5H3/b26-24+. The van der Waals surface area contributed by atoms with Crippen LogP contribution in [0.4, 0.5) is 10.1 Å². The van der Waals surface area contributed by atoms with Crippen molar-refractivity contribution in [3.8, 4) is 11.5 Å². The quantitative estimate of drug-likeness (QED) is 0.237. The molecule has 1 aliphatic heterocycles. The fourth-order valence-corrected chi connectivity index (χ4v) is 4.65. The largest absolute Gasteiger partial charge is 0.507 e. The van der Waals surface area contributed by atoms with Gasteiger partial charge in [0, 0.05) is 11.3 Å². The third-order valence-electron chi connectivity index (χ3n) is 6.38. The minimum Gasteiger partial charge on any atom is -0.507 e. The number of anilines is 1. The van der Waals surface area contributed by atoms with E-state index in [-0.39, 0.29) is 32.8 Å². The molecule has 8 heteroatoms. The normalized spacial score (nSPS) is 17.3. The van der Waals surface area contributed by atoms with Gasteiger partial charge in [0.15, 0.2) is 0 Å². The van der Waals surface area contributed by atoms with Crippen molar-refractivity contribution < 1.29 is 28.6 Å². The number of halogens is 2. The van der Waals surface area contributed by atoms with E-state index in [1.165, 1.54) is 38.5 Å². The maximum Gasteiger partial charge on any atom is 0.300 e.